The zero-order chi connectivity index (χ0) is 10.4. The van der Waals surface area contributed by atoms with Gasteiger partial charge in [-0.3, -0.25) is 0 Å². The highest BCUT2D eigenvalue weighted by atomic mass is 28.3. The predicted octanol–water partition coefficient (Wildman–Crippen LogP) is 0.780. The van der Waals surface area contributed by atoms with Gasteiger partial charge in [-0.05, 0) is 24.6 Å². The molecule has 0 bridgehead atoms. The third-order valence-corrected chi connectivity index (χ3v) is 9.66. The van der Waals surface area contributed by atoms with E-state index in [2.05, 4.69) is 24.7 Å². The summed E-state index contributed by atoms with van der Waals surface area (Å²) in [5.74, 6) is 1.05. The highest BCUT2D eigenvalue weighted by Gasteiger charge is 2.21. The van der Waals surface area contributed by atoms with Crippen molar-refractivity contribution in [1.82, 2.24) is 10.8 Å². The Morgan fingerprint density at radius 1 is 1.20 bits per heavy atom. The van der Waals surface area contributed by atoms with Gasteiger partial charge in [0.15, 0.2) is 9.12 Å². The standard InChI is InChI=1S/C6H17NSi2.CH8N2Si.H3N.H2N/c1-6-4-8(2)7-9(3)5-6;1-4(2)3;;/h6-9H,4-5H2,1-3H3;4H,2-3H2,1H3;1H3;1H2/q;;;-1/p+1. The molecule has 1 aliphatic rings. The second kappa shape index (κ2) is 11.0. The summed E-state index contributed by atoms with van der Waals surface area (Å²) in [6, 6.07) is 3.05. The van der Waals surface area contributed by atoms with Crippen LogP contribution < -0.4 is 21.6 Å². The molecule has 15 heavy (non-hydrogen) atoms. The normalized spacial score (nSPS) is 29.4. The van der Waals surface area contributed by atoms with Crippen molar-refractivity contribution in [3.05, 3.63) is 6.15 Å². The van der Waals surface area contributed by atoms with Crippen LogP contribution in [0.5, 0.6) is 0 Å². The third-order valence-electron chi connectivity index (χ3n) is 2.08. The Morgan fingerprint density at radius 3 is 1.67 bits per heavy atom. The summed E-state index contributed by atoms with van der Waals surface area (Å²) in [6.45, 7) is 9.16. The molecule has 0 spiro atoms. The minimum Gasteiger partial charge on any atom is -0.693 e. The molecule has 0 amide bonds. The number of hydrogen-bond donors (Lipinski definition) is 4. The summed E-state index contributed by atoms with van der Waals surface area (Å²) < 4.78 is 3.79. The van der Waals surface area contributed by atoms with E-state index >= 15 is 0 Å². The molecule has 96 valence electrons. The van der Waals surface area contributed by atoms with Crippen molar-refractivity contribution in [2.24, 2.45) is 16.7 Å². The molecule has 1 aliphatic heterocycles. The Kier molecular flexibility index (Phi) is 15.2. The van der Waals surface area contributed by atoms with Crippen LogP contribution in [-0.4, -0.2) is 27.0 Å². The van der Waals surface area contributed by atoms with E-state index in [0.29, 0.717) is 0 Å². The van der Waals surface area contributed by atoms with E-state index in [4.69, 9.17) is 10.8 Å². The third kappa shape index (κ3) is 14.5. The first-order valence-electron chi connectivity index (χ1n) is 5.19. The molecule has 0 aromatic rings. The summed E-state index contributed by atoms with van der Waals surface area (Å²) in [7, 11) is -1.94. The van der Waals surface area contributed by atoms with E-state index < -0.39 is 27.0 Å². The summed E-state index contributed by atoms with van der Waals surface area (Å²) in [6.07, 6.45) is 0. The van der Waals surface area contributed by atoms with Gasteiger partial charge in [-0.1, -0.05) is 20.0 Å². The lowest BCUT2D eigenvalue weighted by molar-refractivity contribution is 0.696. The van der Waals surface area contributed by atoms with Gasteiger partial charge in [-0.15, -0.1) is 0 Å². The van der Waals surface area contributed by atoms with Crippen LogP contribution >= 0.6 is 0 Å². The molecule has 0 saturated carbocycles. The Hall–Kier alpha value is 0.451. The largest absolute Gasteiger partial charge is 0.693 e. The van der Waals surface area contributed by atoms with Gasteiger partial charge in [0.1, 0.15) is 0 Å². The molecule has 2 atom stereocenters. The molecule has 1 fully saturated rings. The van der Waals surface area contributed by atoms with Crippen molar-refractivity contribution in [3.8, 4) is 0 Å². The van der Waals surface area contributed by atoms with Gasteiger partial charge in [0.05, 0.1) is 17.9 Å². The average molecular weight is 270 g/mol. The molecule has 5 nitrogen and oxygen atoms in total. The summed E-state index contributed by atoms with van der Waals surface area (Å²) in [5, 5.41) is 10.1. The van der Waals surface area contributed by atoms with E-state index in [9.17, 15) is 0 Å². The topological polar surface area (TPSA) is 134 Å². The summed E-state index contributed by atoms with van der Waals surface area (Å²) in [4.78, 5) is 0. The van der Waals surface area contributed by atoms with Crippen molar-refractivity contribution >= 4 is 27.0 Å². The van der Waals surface area contributed by atoms with Gasteiger partial charge in [0.2, 0.25) is 0 Å². The summed E-state index contributed by atoms with van der Waals surface area (Å²) in [5.41, 5.74) is 0. The molecule has 0 aromatic carbocycles. The van der Waals surface area contributed by atoms with E-state index in [1.807, 2.05) is 6.55 Å². The minimum atomic E-state index is -1.14. The molecule has 1 heterocycles. The van der Waals surface area contributed by atoms with E-state index in [-0.39, 0.29) is 12.3 Å². The maximum atomic E-state index is 5.03. The number of nitrogens with one attached hydrogen (secondary N) is 1. The molecule has 0 aromatic heterocycles. The van der Waals surface area contributed by atoms with Crippen LogP contribution in [0.1, 0.15) is 6.92 Å². The van der Waals surface area contributed by atoms with Gasteiger partial charge < -0.3 is 27.7 Å². The quantitative estimate of drug-likeness (QED) is 0.484. The second-order valence-corrected chi connectivity index (χ2v) is 12.0. The van der Waals surface area contributed by atoms with Crippen LogP contribution in [0.3, 0.4) is 0 Å². The molecule has 1 saturated heterocycles. The van der Waals surface area contributed by atoms with Crippen molar-refractivity contribution in [2.45, 2.75) is 38.7 Å². The zero-order valence-corrected chi connectivity index (χ0v) is 14.4. The first-order chi connectivity index (χ1) is 5.91. The molecular weight excluding hydrogens is 238 g/mol. The monoisotopic (exact) mass is 269 g/mol. The molecule has 1 rings (SSSR count). The predicted molar refractivity (Wildman–Crippen MR) is 80.6 cm³/mol. The van der Waals surface area contributed by atoms with Crippen LogP contribution in [-0.2, 0) is 0 Å². The van der Waals surface area contributed by atoms with E-state index in [0.717, 1.165) is 5.92 Å². The number of rotatable bonds is 0. The number of hydrogen-bond acceptors (Lipinski definition) is 3. The molecular formula is C7H31N5Si3. The van der Waals surface area contributed by atoms with Gasteiger partial charge in [0.25, 0.3) is 0 Å². The fourth-order valence-corrected chi connectivity index (χ4v) is 10.1. The molecule has 2 unspecified atom stereocenters. The van der Waals surface area contributed by atoms with Gasteiger partial charge in [-0.2, -0.15) is 0 Å². The minimum absolute atomic E-state index is 0. The van der Waals surface area contributed by atoms with E-state index in [1.54, 1.807) is 0 Å². The maximum absolute atomic E-state index is 5.03. The molecule has 8 heteroatoms. The zero-order valence-electron chi connectivity index (χ0n) is 11.0. The van der Waals surface area contributed by atoms with E-state index in [1.165, 1.54) is 12.1 Å². The SMILES string of the molecule is CC1C[SiH](C)N[SiH](C)C1.C[SiH](N)N.[NH2-].[NH4+]. The van der Waals surface area contributed by atoms with Gasteiger partial charge >= 0.3 is 0 Å². The first-order valence-corrected chi connectivity index (χ1v) is 12.8. The van der Waals surface area contributed by atoms with Gasteiger partial charge in [0, 0.05) is 0 Å². The van der Waals surface area contributed by atoms with Crippen LogP contribution in [0.15, 0.2) is 0 Å². The van der Waals surface area contributed by atoms with Crippen molar-refractivity contribution in [3.63, 3.8) is 0 Å². The van der Waals surface area contributed by atoms with Crippen molar-refractivity contribution < 1.29 is 0 Å². The van der Waals surface area contributed by atoms with Crippen molar-refractivity contribution in [1.29, 1.82) is 0 Å². The smallest absolute Gasteiger partial charge is 0.176 e. The van der Waals surface area contributed by atoms with Crippen LogP contribution in [0, 0.1) is 5.92 Å². The lowest BCUT2D eigenvalue weighted by Crippen LogP contribution is -2.47. The average Bonchev–Trinajstić information content (AvgIpc) is 1.80. The Labute approximate surface area is 99.7 Å². The summed E-state index contributed by atoms with van der Waals surface area (Å²) >= 11 is 0. The Bertz CT molecular complexity index is 110. The second-order valence-electron chi connectivity index (χ2n) is 4.40. The Balaban J connectivity index is -0.000000213. The first kappa shape index (κ1) is 20.8. The highest BCUT2D eigenvalue weighted by molar-refractivity contribution is 6.73. The fraction of sp³-hybridized carbons (Fsp3) is 1.00. The van der Waals surface area contributed by atoms with Crippen LogP contribution in [0.2, 0.25) is 31.7 Å². The number of quaternary nitrogens is 1. The van der Waals surface area contributed by atoms with Crippen molar-refractivity contribution in [2.75, 3.05) is 0 Å². The molecule has 11 N–H and O–H groups in total. The lowest BCUT2D eigenvalue weighted by atomic mass is 10.3. The maximum Gasteiger partial charge on any atom is 0.176 e. The van der Waals surface area contributed by atoms with Crippen LogP contribution in [0.25, 0.3) is 6.15 Å². The molecule has 0 radical (unpaired) electrons. The Morgan fingerprint density at radius 2 is 1.47 bits per heavy atom. The van der Waals surface area contributed by atoms with Crippen LogP contribution in [0.4, 0.5) is 0 Å². The highest BCUT2D eigenvalue weighted by Crippen LogP contribution is 2.17. The molecule has 0 aliphatic carbocycles. The lowest BCUT2D eigenvalue weighted by Gasteiger charge is -2.28. The number of nitrogens with two attached hydrogens (primary N) is 3. The van der Waals surface area contributed by atoms with Gasteiger partial charge in [-0.25, -0.2) is 0 Å². The fourth-order valence-electron chi connectivity index (χ4n) is 1.93.